The first-order chi connectivity index (χ1) is 8.85. The number of rotatable bonds is 5. The maximum atomic E-state index is 9.37. The number of aliphatic hydroxyl groups excluding tert-OH is 1. The van der Waals surface area contributed by atoms with Crippen molar-refractivity contribution < 1.29 is 5.11 Å². The predicted molar refractivity (Wildman–Crippen MR) is 72.4 cm³/mol. The SMILES string of the molecule is N#CCCCCN1CC(CO)Cc2ccccc21. The molecule has 1 aliphatic rings. The lowest BCUT2D eigenvalue weighted by atomic mass is 9.93. The highest BCUT2D eigenvalue weighted by Gasteiger charge is 2.22. The number of aliphatic hydroxyl groups is 1. The lowest BCUT2D eigenvalue weighted by Gasteiger charge is -2.35. The van der Waals surface area contributed by atoms with Crippen LogP contribution in [0.1, 0.15) is 24.8 Å². The molecule has 0 radical (unpaired) electrons. The Hall–Kier alpha value is -1.53. The molecule has 1 aromatic rings. The third-order valence-corrected chi connectivity index (χ3v) is 3.54. The van der Waals surface area contributed by atoms with Crippen molar-refractivity contribution in [1.29, 1.82) is 5.26 Å². The summed E-state index contributed by atoms with van der Waals surface area (Å²) in [6.45, 7) is 2.16. The lowest BCUT2D eigenvalue weighted by molar-refractivity contribution is 0.224. The Bertz CT molecular complexity index is 425. The highest BCUT2D eigenvalue weighted by molar-refractivity contribution is 5.55. The summed E-state index contributed by atoms with van der Waals surface area (Å²) in [5.41, 5.74) is 2.64. The van der Waals surface area contributed by atoms with Crippen molar-refractivity contribution in [3.8, 4) is 6.07 Å². The summed E-state index contributed by atoms with van der Waals surface area (Å²) < 4.78 is 0. The minimum atomic E-state index is 0.253. The molecule has 1 atom stereocenters. The van der Waals surface area contributed by atoms with Crippen molar-refractivity contribution >= 4 is 5.69 Å². The molecular formula is C15H20N2O. The molecule has 0 saturated carbocycles. The Labute approximate surface area is 109 Å². The molecule has 2 rings (SSSR count). The molecular weight excluding hydrogens is 224 g/mol. The van der Waals surface area contributed by atoms with Crippen LogP contribution in [0.5, 0.6) is 0 Å². The molecule has 1 heterocycles. The standard InChI is InChI=1S/C15H20N2O/c16-8-4-1-5-9-17-11-13(12-18)10-14-6-2-3-7-15(14)17/h2-3,6-7,13,18H,1,4-5,9-12H2. The van der Waals surface area contributed by atoms with Gasteiger partial charge in [0.15, 0.2) is 0 Å². The van der Waals surface area contributed by atoms with E-state index in [9.17, 15) is 5.11 Å². The molecule has 0 amide bonds. The van der Waals surface area contributed by atoms with Crippen LogP contribution in [-0.4, -0.2) is 24.8 Å². The zero-order valence-electron chi connectivity index (χ0n) is 10.7. The normalized spacial score (nSPS) is 18.2. The number of nitrogens with zero attached hydrogens (tertiary/aromatic N) is 2. The Morgan fingerprint density at radius 3 is 2.94 bits per heavy atom. The van der Waals surface area contributed by atoms with Crippen LogP contribution in [0.25, 0.3) is 0 Å². The van der Waals surface area contributed by atoms with Crippen LogP contribution in [0.3, 0.4) is 0 Å². The topological polar surface area (TPSA) is 47.3 Å². The van der Waals surface area contributed by atoms with Gasteiger partial charge in [-0.15, -0.1) is 0 Å². The van der Waals surface area contributed by atoms with Gasteiger partial charge in [-0.25, -0.2) is 0 Å². The van der Waals surface area contributed by atoms with Crippen LogP contribution in [0.15, 0.2) is 24.3 Å². The van der Waals surface area contributed by atoms with Crippen molar-refractivity contribution in [2.45, 2.75) is 25.7 Å². The fourth-order valence-electron chi connectivity index (χ4n) is 2.62. The molecule has 3 nitrogen and oxygen atoms in total. The molecule has 96 valence electrons. The zero-order valence-corrected chi connectivity index (χ0v) is 10.7. The minimum Gasteiger partial charge on any atom is -0.396 e. The highest BCUT2D eigenvalue weighted by atomic mass is 16.3. The molecule has 0 saturated heterocycles. The fraction of sp³-hybridized carbons (Fsp3) is 0.533. The monoisotopic (exact) mass is 244 g/mol. The number of anilines is 1. The molecule has 1 N–H and O–H groups in total. The van der Waals surface area contributed by atoms with Gasteiger partial charge in [-0.05, 0) is 30.9 Å². The number of unbranched alkanes of at least 4 members (excludes halogenated alkanes) is 2. The molecule has 1 aliphatic heterocycles. The van der Waals surface area contributed by atoms with Crippen molar-refractivity contribution in [1.82, 2.24) is 0 Å². The van der Waals surface area contributed by atoms with Gasteiger partial charge < -0.3 is 10.0 Å². The first-order valence-electron chi connectivity index (χ1n) is 6.66. The number of benzene rings is 1. The number of nitriles is 1. The largest absolute Gasteiger partial charge is 0.396 e. The van der Waals surface area contributed by atoms with Gasteiger partial charge in [0.2, 0.25) is 0 Å². The fourth-order valence-corrected chi connectivity index (χ4v) is 2.62. The van der Waals surface area contributed by atoms with Crippen LogP contribution in [0.2, 0.25) is 0 Å². The summed E-state index contributed by atoms with van der Waals surface area (Å²) in [5, 5.41) is 17.9. The molecule has 0 aliphatic carbocycles. The Morgan fingerprint density at radius 1 is 1.33 bits per heavy atom. The van der Waals surface area contributed by atoms with Crippen molar-refractivity contribution in [3.05, 3.63) is 29.8 Å². The van der Waals surface area contributed by atoms with E-state index in [1.807, 2.05) is 0 Å². The van der Waals surface area contributed by atoms with Crippen LogP contribution in [-0.2, 0) is 6.42 Å². The summed E-state index contributed by atoms with van der Waals surface area (Å²) in [5.74, 6) is 0.343. The van der Waals surface area contributed by atoms with Gasteiger partial charge in [-0.2, -0.15) is 5.26 Å². The van der Waals surface area contributed by atoms with Crippen LogP contribution in [0.4, 0.5) is 5.69 Å². The summed E-state index contributed by atoms with van der Waals surface area (Å²) in [7, 11) is 0. The third kappa shape index (κ3) is 3.02. The molecule has 0 fully saturated rings. The van der Waals surface area contributed by atoms with Crippen LogP contribution >= 0.6 is 0 Å². The molecule has 0 aromatic heterocycles. The molecule has 1 unspecified atom stereocenters. The molecule has 18 heavy (non-hydrogen) atoms. The van der Waals surface area contributed by atoms with Gasteiger partial charge in [0.1, 0.15) is 0 Å². The molecule has 0 bridgehead atoms. The Kier molecular flexibility index (Phi) is 4.60. The zero-order chi connectivity index (χ0) is 12.8. The maximum absolute atomic E-state index is 9.37. The second-order valence-corrected chi connectivity index (χ2v) is 4.94. The summed E-state index contributed by atoms with van der Waals surface area (Å²) in [6, 6.07) is 10.6. The minimum absolute atomic E-state index is 0.253. The number of hydrogen-bond donors (Lipinski definition) is 1. The lowest BCUT2D eigenvalue weighted by Crippen LogP contribution is -2.37. The summed E-state index contributed by atoms with van der Waals surface area (Å²) >= 11 is 0. The van der Waals surface area contributed by atoms with Gasteiger partial charge in [0.05, 0.1) is 6.07 Å². The van der Waals surface area contributed by atoms with E-state index in [1.54, 1.807) is 0 Å². The van der Waals surface area contributed by atoms with E-state index in [1.165, 1.54) is 11.3 Å². The number of para-hydroxylation sites is 1. The summed E-state index contributed by atoms with van der Waals surface area (Å²) in [6.07, 6.45) is 3.61. The second-order valence-electron chi connectivity index (χ2n) is 4.94. The van der Waals surface area contributed by atoms with E-state index in [4.69, 9.17) is 5.26 Å². The number of hydrogen-bond acceptors (Lipinski definition) is 3. The quantitative estimate of drug-likeness (QED) is 0.809. The Morgan fingerprint density at radius 2 is 2.17 bits per heavy atom. The number of fused-ring (bicyclic) bond motifs is 1. The van der Waals surface area contributed by atoms with Gasteiger partial charge in [-0.1, -0.05) is 18.2 Å². The van der Waals surface area contributed by atoms with E-state index in [-0.39, 0.29) is 6.61 Å². The van der Waals surface area contributed by atoms with Crippen molar-refractivity contribution in [2.24, 2.45) is 5.92 Å². The molecule has 3 heteroatoms. The third-order valence-electron chi connectivity index (χ3n) is 3.54. The highest BCUT2D eigenvalue weighted by Crippen LogP contribution is 2.29. The maximum Gasteiger partial charge on any atom is 0.0621 e. The second kappa shape index (κ2) is 6.42. The van der Waals surface area contributed by atoms with Crippen molar-refractivity contribution in [3.63, 3.8) is 0 Å². The van der Waals surface area contributed by atoms with Crippen molar-refractivity contribution in [2.75, 3.05) is 24.6 Å². The average Bonchev–Trinajstić information content (AvgIpc) is 2.43. The predicted octanol–water partition coefficient (Wildman–Crippen LogP) is 2.35. The van der Waals surface area contributed by atoms with Crippen LogP contribution < -0.4 is 4.90 Å². The van der Waals surface area contributed by atoms with Gasteiger partial charge in [-0.3, -0.25) is 0 Å². The van der Waals surface area contributed by atoms with E-state index in [2.05, 4.69) is 35.2 Å². The van der Waals surface area contributed by atoms with E-state index >= 15 is 0 Å². The molecule has 0 spiro atoms. The summed E-state index contributed by atoms with van der Waals surface area (Å²) in [4.78, 5) is 2.36. The van der Waals surface area contributed by atoms with Gasteiger partial charge in [0.25, 0.3) is 0 Å². The van der Waals surface area contributed by atoms with E-state index < -0.39 is 0 Å². The Balaban J connectivity index is 2.02. The average molecular weight is 244 g/mol. The van der Waals surface area contributed by atoms with E-state index in [0.717, 1.165) is 32.4 Å². The van der Waals surface area contributed by atoms with Crippen LogP contribution in [0, 0.1) is 17.2 Å². The van der Waals surface area contributed by atoms with Gasteiger partial charge in [0, 0.05) is 37.7 Å². The molecule has 1 aromatic carbocycles. The van der Waals surface area contributed by atoms with Gasteiger partial charge >= 0.3 is 0 Å². The van der Waals surface area contributed by atoms with E-state index in [0.29, 0.717) is 12.3 Å². The first kappa shape index (κ1) is 12.9. The smallest absolute Gasteiger partial charge is 0.0621 e. The first-order valence-corrected chi connectivity index (χ1v) is 6.66.